The minimum atomic E-state index is -1.12. The number of hydrazine groups is 1. The van der Waals surface area contributed by atoms with Crippen LogP contribution >= 0.6 is 11.8 Å². The quantitative estimate of drug-likeness (QED) is 0.0573. The minimum Gasteiger partial charge on any atom is -0.480 e. The average molecular weight is 507 g/mol. The Morgan fingerprint density at radius 3 is 2.60 bits per heavy atom. The number of nitrogens with two attached hydrogens (primary N) is 2. The molecule has 8 N–H and O–H groups in total. The van der Waals surface area contributed by atoms with E-state index in [2.05, 4.69) is 16.0 Å². The van der Waals surface area contributed by atoms with Gasteiger partial charge in [0.2, 0.25) is 5.91 Å². The van der Waals surface area contributed by atoms with Crippen LogP contribution in [0.4, 0.5) is 10.5 Å². The predicted octanol–water partition coefficient (Wildman–Crippen LogP) is 1.05. The Hall–Kier alpha value is -2.99. The number of amides is 4. The van der Waals surface area contributed by atoms with Crippen molar-refractivity contribution in [1.82, 2.24) is 21.0 Å². The van der Waals surface area contributed by atoms with Gasteiger partial charge in [-0.05, 0) is 56.4 Å². The van der Waals surface area contributed by atoms with Gasteiger partial charge in [-0.25, -0.2) is 15.4 Å². The van der Waals surface area contributed by atoms with E-state index in [1.807, 2.05) is 11.8 Å². The van der Waals surface area contributed by atoms with Crippen LogP contribution in [-0.2, 0) is 9.59 Å². The number of benzene rings is 1. The Morgan fingerprint density at radius 1 is 1.14 bits per heavy atom. The van der Waals surface area contributed by atoms with Crippen LogP contribution in [0.5, 0.6) is 0 Å². The van der Waals surface area contributed by atoms with Crippen LogP contribution in [0, 0.1) is 0 Å². The summed E-state index contributed by atoms with van der Waals surface area (Å²) in [7, 11) is 0. The van der Waals surface area contributed by atoms with Crippen molar-refractivity contribution in [2.45, 2.75) is 68.3 Å². The first-order chi connectivity index (χ1) is 16.7. The van der Waals surface area contributed by atoms with Crippen molar-refractivity contribution in [3.05, 3.63) is 29.8 Å². The van der Waals surface area contributed by atoms with Gasteiger partial charge in [0.25, 0.3) is 5.91 Å². The van der Waals surface area contributed by atoms with Gasteiger partial charge in [-0.15, -0.1) is 0 Å². The summed E-state index contributed by atoms with van der Waals surface area (Å²) in [6.45, 7) is 0.316. The molecule has 11 nitrogen and oxygen atoms in total. The molecule has 0 radical (unpaired) electrons. The summed E-state index contributed by atoms with van der Waals surface area (Å²) in [5.41, 5.74) is 6.45. The first-order valence-corrected chi connectivity index (χ1v) is 12.9. The van der Waals surface area contributed by atoms with Crippen molar-refractivity contribution in [2.75, 3.05) is 18.0 Å². The highest BCUT2D eigenvalue weighted by Gasteiger charge is 2.42. The summed E-state index contributed by atoms with van der Waals surface area (Å²) in [5.74, 6) is 5.05. The molecule has 12 heteroatoms. The molecule has 2 saturated heterocycles. The number of fused-ring (bicyclic) bond motifs is 1. The highest BCUT2D eigenvalue weighted by Crippen LogP contribution is 2.33. The van der Waals surface area contributed by atoms with Crippen LogP contribution in [0.1, 0.15) is 55.3 Å². The fourth-order valence-corrected chi connectivity index (χ4v) is 5.84. The Kier molecular flexibility index (Phi) is 9.61. The van der Waals surface area contributed by atoms with Crippen LogP contribution in [0.15, 0.2) is 24.3 Å². The average Bonchev–Trinajstić information content (AvgIpc) is 3.37. The zero-order valence-electron chi connectivity index (χ0n) is 19.6. The lowest BCUT2D eigenvalue weighted by atomic mass is 10.0. The molecule has 4 atom stereocenters. The smallest absolute Gasteiger partial charge is 0.326 e. The zero-order valence-corrected chi connectivity index (χ0v) is 20.4. The first-order valence-electron chi connectivity index (χ1n) is 11.9. The van der Waals surface area contributed by atoms with E-state index in [0.717, 1.165) is 25.0 Å². The number of nitrogens with zero attached hydrogens (tertiary/aromatic N) is 1. The number of rotatable bonds is 13. The first kappa shape index (κ1) is 26.6. The maximum absolute atomic E-state index is 12.3. The normalized spacial score (nSPS) is 21.5. The van der Waals surface area contributed by atoms with Crippen LogP contribution in [-0.4, -0.2) is 69.6 Å². The van der Waals surface area contributed by atoms with Gasteiger partial charge in [-0.2, -0.15) is 11.8 Å². The van der Waals surface area contributed by atoms with Crippen molar-refractivity contribution < 1.29 is 24.3 Å². The highest BCUT2D eigenvalue weighted by molar-refractivity contribution is 8.00. The second-order valence-corrected chi connectivity index (χ2v) is 10.2. The summed E-state index contributed by atoms with van der Waals surface area (Å²) < 4.78 is 0. The van der Waals surface area contributed by atoms with Crippen molar-refractivity contribution in [3.63, 3.8) is 0 Å². The van der Waals surface area contributed by atoms with Gasteiger partial charge in [0, 0.05) is 35.2 Å². The standard InChI is InChI=1S/C23H34N6O5S/c24-15-10-8-14(9-11-15)21(31)26-16(22(32)33)5-3-4-12-29(25)19(30)7-2-1-6-18-20-17(13-35-18)27-23(34)28-20/h8-11,16-18,20H,1-7,12-13,24-25H2,(H,26,31)(H,32,33)(H2,27,28,34)/t16?,17-,18?,20-/m0/s1. The number of carboxylic acids is 1. The fourth-order valence-electron chi connectivity index (χ4n) is 4.30. The third-order valence-corrected chi connectivity index (χ3v) is 7.81. The Morgan fingerprint density at radius 2 is 1.89 bits per heavy atom. The van der Waals surface area contributed by atoms with E-state index in [1.165, 1.54) is 17.1 Å². The van der Waals surface area contributed by atoms with Gasteiger partial charge in [0.05, 0.1) is 12.1 Å². The van der Waals surface area contributed by atoms with Crippen LogP contribution in [0.3, 0.4) is 0 Å². The molecule has 1 aromatic rings. The topological polar surface area (TPSA) is 180 Å². The molecule has 0 spiro atoms. The number of urea groups is 1. The van der Waals surface area contributed by atoms with Crippen molar-refractivity contribution >= 4 is 41.3 Å². The lowest BCUT2D eigenvalue weighted by Crippen LogP contribution is -2.41. The number of carboxylic acid groups (broad SMARTS) is 1. The van der Waals surface area contributed by atoms with Crippen LogP contribution in [0.25, 0.3) is 0 Å². The highest BCUT2D eigenvalue weighted by atomic mass is 32.2. The molecule has 2 heterocycles. The van der Waals surface area contributed by atoms with E-state index in [-0.39, 0.29) is 30.4 Å². The molecule has 1 aromatic carbocycles. The molecule has 2 fully saturated rings. The van der Waals surface area contributed by atoms with Gasteiger partial charge in [0.1, 0.15) is 6.04 Å². The summed E-state index contributed by atoms with van der Waals surface area (Å²) in [6.07, 6.45) is 4.13. The number of nitrogens with one attached hydrogen (secondary N) is 3. The van der Waals surface area contributed by atoms with E-state index >= 15 is 0 Å². The second kappa shape index (κ2) is 12.6. The summed E-state index contributed by atoms with van der Waals surface area (Å²) >= 11 is 1.85. The van der Waals surface area contributed by atoms with Gasteiger partial charge < -0.3 is 26.8 Å². The number of anilines is 1. The fraction of sp³-hybridized carbons (Fsp3) is 0.565. The predicted molar refractivity (Wildman–Crippen MR) is 133 cm³/mol. The Bertz CT molecular complexity index is 914. The lowest BCUT2D eigenvalue weighted by Gasteiger charge is -2.19. The van der Waals surface area contributed by atoms with E-state index < -0.39 is 17.9 Å². The molecule has 0 aliphatic carbocycles. The van der Waals surface area contributed by atoms with Crippen molar-refractivity contribution in [1.29, 1.82) is 0 Å². The van der Waals surface area contributed by atoms with E-state index in [4.69, 9.17) is 11.6 Å². The largest absolute Gasteiger partial charge is 0.480 e. The number of hydrogen-bond donors (Lipinski definition) is 6. The number of thioether (sulfide) groups is 1. The summed E-state index contributed by atoms with van der Waals surface area (Å²) in [5, 5.41) is 19.4. The van der Waals surface area contributed by atoms with E-state index in [9.17, 15) is 24.3 Å². The van der Waals surface area contributed by atoms with E-state index in [0.29, 0.717) is 42.3 Å². The van der Waals surface area contributed by atoms with E-state index in [1.54, 1.807) is 12.1 Å². The number of aliphatic carboxylic acids is 1. The Balaban J connectivity index is 1.29. The molecule has 0 bridgehead atoms. The SMILES string of the molecule is Nc1ccc(C(=O)NC(CCCCN(N)C(=O)CCCCC2SC[C@@H]3NC(=O)N[C@H]23)C(=O)O)cc1. The summed E-state index contributed by atoms with van der Waals surface area (Å²) in [6, 6.07) is 5.46. The molecular weight excluding hydrogens is 472 g/mol. The monoisotopic (exact) mass is 506 g/mol. The summed E-state index contributed by atoms with van der Waals surface area (Å²) in [4.78, 5) is 47.5. The zero-order chi connectivity index (χ0) is 25.4. The van der Waals surface area contributed by atoms with Crippen LogP contribution in [0.2, 0.25) is 0 Å². The van der Waals surface area contributed by atoms with Gasteiger partial charge in [-0.3, -0.25) is 14.6 Å². The molecule has 3 rings (SSSR count). The number of hydrogen-bond acceptors (Lipinski definition) is 7. The van der Waals surface area contributed by atoms with Gasteiger partial charge >= 0.3 is 12.0 Å². The second-order valence-electron chi connectivity index (χ2n) is 8.94. The Labute approximate surface area is 208 Å². The molecule has 192 valence electrons. The van der Waals surface area contributed by atoms with Gasteiger partial charge in [-0.1, -0.05) is 6.42 Å². The molecule has 2 aliphatic heterocycles. The molecular formula is C23H34N6O5S. The third kappa shape index (κ3) is 7.76. The number of nitrogen functional groups attached to an aromatic ring is 1. The third-order valence-electron chi connectivity index (χ3n) is 6.31. The molecule has 0 saturated carbocycles. The molecule has 0 aromatic heterocycles. The molecule has 2 aliphatic rings. The van der Waals surface area contributed by atoms with Crippen molar-refractivity contribution in [3.8, 4) is 0 Å². The van der Waals surface area contributed by atoms with Gasteiger partial charge in [0.15, 0.2) is 0 Å². The van der Waals surface area contributed by atoms with Crippen LogP contribution < -0.4 is 27.5 Å². The minimum absolute atomic E-state index is 0.0990. The van der Waals surface area contributed by atoms with Crippen molar-refractivity contribution in [2.24, 2.45) is 5.84 Å². The number of carbonyl (C=O) groups is 4. The molecule has 35 heavy (non-hydrogen) atoms. The maximum atomic E-state index is 12.3. The number of carbonyl (C=O) groups excluding carboxylic acids is 3. The molecule has 4 amide bonds. The lowest BCUT2D eigenvalue weighted by molar-refractivity contribution is -0.139. The maximum Gasteiger partial charge on any atom is 0.326 e. The molecule has 2 unspecified atom stereocenters. The number of unbranched alkanes of at least 4 members (excludes halogenated alkanes) is 2.